The molecule has 7 nitrogen and oxygen atoms in total. The van der Waals surface area contributed by atoms with Crippen LogP contribution in [0.1, 0.15) is 11.1 Å². The van der Waals surface area contributed by atoms with Gasteiger partial charge in [-0.1, -0.05) is 24.3 Å². The molecule has 4 N–H and O–H groups in total. The Balaban J connectivity index is 1.76. The minimum Gasteiger partial charge on any atom is -0.484 e. The number of hydrogen-bond acceptors (Lipinski definition) is 5. The van der Waals surface area contributed by atoms with Gasteiger partial charge in [0.1, 0.15) is 11.8 Å². The Morgan fingerprint density at radius 3 is 2.53 bits per heavy atom. The van der Waals surface area contributed by atoms with E-state index in [0.29, 0.717) is 6.54 Å². The third kappa shape index (κ3) is 5.63. The molecule has 1 unspecified atom stereocenters. The van der Waals surface area contributed by atoms with Crippen LogP contribution in [0.15, 0.2) is 42.5 Å². The van der Waals surface area contributed by atoms with Crippen LogP contribution >= 0.6 is 0 Å². The van der Waals surface area contributed by atoms with E-state index in [1.165, 1.54) is 23.1 Å². The minimum atomic E-state index is -4.53. The number of carbonyl (C=O) groups excluding carboxylic acids is 2. The number of aryl methyl sites for hydroxylation is 1. The van der Waals surface area contributed by atoms with E-state index in [1.54, 1.807) is 0 Å². The summed E-state index contributed by atoms with van der Waals surface area (Å²) in [5.74, 6) is -1.20. The fourth-order valence-electron chi connectivity index (χ4n) is 3.74. The molecule has 1 aliphatic heterocycles. The summed E-state index contributed by atoms with van der Waals surface area (Å²) in [6.07, 6.45) is -4.78. The van der Waals surface area contributed by atoms with Crippen LogP contribution in [0.4, 0.5) is 24.5 Å². The number of nitrogens with zero attached hydrogens (tertiary/aromatic N) is 2. The van der Waals surface area contributed by atoms with Crippen LogP contribution in [0.25, 0.3) is 0 Å². The molecule has 2 amide bonds. The second-order valence-corrected chi connectivity index (χ2v) is 7.69. The molecule has 0 radical (unpaired) electrons. The van der Waals surface area contributed by atoms with Crippen LogP contribution in [-0.4, -0.2) is 55.2 Å². The molecule has 0 spiro atoms. The standard InChI is InChI=1S/C22H25F3N4O3/c1-14-4-2-3-5-17(14)28-8-9-29(18(12-28)21(27)31)20(30)10-15-6-7-16(26)11-19(15)32-13-22(23,24)25/h2-7,11,18H,8-10,12-13,26H2,1H3,(H2,27,31). The second-order valence-electron chi connectivity index (χ2n) is 7.69. The van der Waals surface area contributed by atoms with E-state index in [9.17, 15) is 22.8 Å². The lowest BCUT2D eigenvalue weighted by Gasteiger charge is -2.41. The molecule has 0 saturated carbocycles. The van der Waals surface area contributed by atoms with Crippen molar-refractivity contribution in [3.63, 3.8) is 0 Å². The Hall–Kier alpha value is -3.43. The zero-order valence-corrected chi connectivity index (χ0v) is 17.6. The van der Waals surface area contributed by atoms with E-state index in [-0.39, 0.29) is 36.5 Å². The summed E-state index contributed by atoms with van der Waals surface area (Å²) in [4.78, 5) is 28.5. The second kappa shape index (κ2) is 9.37. The van der Waals surface area contributed by atoms with Gasteiger partial charge in [0.25, 0.3) is 0 Å². The van der Waals surface area contributed by atoms with Gasteiger partial charge in [0.2, 0.25) is 11.8 Å². The molecule has 0 aliphatic carbocycles. The third-order valence-corrected chi connectivity index (χ3v) is 5.31. The summed E-state index contributed by atoms with van der Waals surface area (Å²) in [7, 11) is 0. The lowest BCUT2D eigenvalue weighted by atomic mass is 10.0. The van der Waals surface area contributed by atoms with Crippen LogP contribution in [-0.2, 0) is 16.0 Å². The number of para-hydroxylation sites is 1. The molecule has 1 aliphatic rings. The van der Waals surface area contributed by atoms with Crippen LogP contribution in [0.2, 0.25) is 0 Å². The van der Waals surface area contributed by atoms with Crippen LogP contribution in [0.3, 0.4) is 0 Å². The van der Waals surface area contributed by atoms with Crippen LogP contribution in [0, 0.1) is 6.92 Å². The summed E-state index contributed by atoms with van der Waals surface area (Å²) in [5, 5.41) is 0. The third-order valence-electron chi connectivity index (χ3n) is 5.31. The van der Waals surface area contributed by atoms with Crippen molar-refractivity contribution in [1.29, 1.82) is 0 Å². The molecule has 0 bridgehead atoms. The van der Waals surface area contributed by atoms with Gasteiger partial charge in [-0.3, -0.25) is 9.59 Å². The first-order valence-electron chi connectivity index (χ1n) is 10.0. The largest absolute Gasteiger partial charge is 0.484 e. The van der Waals surface area contributed by atoms with Gasteiger partial charge in [-0.15, -0.1) is 0 Å². The van der Waals surface area contributed by atoms with Crippen molar-refractivity contribution in [2.45, 2.75) is 25.6 Å². The Kier molecular flexibility index (Phi) is 6.81. The van der Waals surface area contributed by atoms with E-state index < -0.39 is 30.6 Å². The zero-order chi connectivity index (χ0) is 23.5. The molecule has 1 atom stereocenters. The predicted molar refractivity (Wildman–Crippen MR) is 114 cm³/mol. The molecule has 1 saturated heterocycles. The van der Waals surface area contributed by atoms with Crippen molar-refractivity contribution in [2.75, 3.05) is 36.9 Å². The molecule has 172 valence electrons. The number of amides is 2. The summed E-state index contributed by atoms with van der Waals surface area (Å²) < 4.78 is 42.6. The first kappa shape index (κ1) is 23.2. The van der Waals surface area contributed by atoms with E-state index in [0.717, 1.165) is 11.3 Å². The highest BCUT2D eigenvalue weighted by Crippen LogP contribution is 2.27. The highest BCUT2D eigenvalue weighted by Gasteiger charge is 2.35. The number of benzene rings is 2. The number of ether oxygens (including phenoxy) is 1. The number of piperazine rings is 1. The average Bonchev–Trinajstić information content (AvgIpc) is 2.73. The molecule has 3 rings (SSSR count). The molecule has 2 aromatic carbocycles. The number of hydrogen-bond donors (Lipinski definition) is 2. The number of primary amides is 1. The van der Waals surface area contributed by atoms with Crippen molar-refractivity contribution in [2.24, 2.45) is 5.73 Å². The summed E-state index contributed by atoms with van der Waals surface area (Å²) in [5.41, 5.74) is 13.7. The summed E-state index contributed by atoms with van der Waals surface area (Å²) >= 11 is 0. The van der Waals surface area contributed by atoms with Crippen molar-refractivity contribution in [1.82, 2.24) is 4.90 Å². The van der Waals surface area contributed by atoms with E-state index >= 15 is 0 Å². The van der Waals surface area contributed by atoms with Crippen LogP contribution in [0.5, 0.6) is 5.75 Å². The van der Waals surface area contributed by atoms with Gasteiger partial charge in [-0.25, -0.2) is 0 Å². The number of nitrogens with two attached hydrogens (primary N) is 2. The maximum Gasteiger partial charge on any atom is 0.422 e. The van der Waals surface area contributed by atoms with Gasteiger partial charge < -0.3 is 26.0 Å². The zero-order valence-electron chi connectivity index (χ0n) is 17.6. The fraction of sp³-hybridized carbons (Fsp3) is 0.364. The number of alkyl halides is 3. The summed E-state index contributed by atoms with van der Waals surface area (Å²) in [6, 6.07) is 11.0. The summed E-state index contributed by atoms with van der Waals surface area (Å²) in [6.45, 7) is 1.41. The predicted octanol–water partition coefficient (Wildman–Crippen LogP) is 2.26. The monoisotopic (exact) mass is 450 g/mol. The molecular weight excluding hydrogens is 425 g/mol. The smallest absolute Gasteiger partial charge is 0.422 e. The molecule has 0 aromatic heterocycles. The Bertz CT molecular complexity index is 997. The van der Waals surface area contributed by atoms with E-state index in [2.05, 4.69) is 0 Å². The number of nitrogen functional groups attached to an aromatic ring is 1. The maximum absolute atomic E-state index is 13.0. The highest BCUT2D eigenvalue weighted by molar-refractivity contribution is 5.89. The molecule has 1 fully saturated rings. The average molecular weight is 450 g/mol. The molecule has 32 heavy (non-hydrogen) atoms. The van der Waals surface area contributed by atoms with Crippen LogP contribution < -0.4 is 21.1 Å². The molecule has 1 heterocycles. The lowest BCUT2D eigenvalue weighted by molar-refractivity contribution is -0.153. The van der Waals surface area contributed by atoms with Gasteiger partial charge in [0.15, 0.2) is 6.61 Å². The fourth-order valence-corrected chi connectivity index (χ4v) is 3.74. The Labute approximate surface area is 183 Å². The Morgan fingerprint density at radius 1 is 1.16 bits per heavy atom. The topological polar surface area (TPSA) is 102 Å². The van der Waals surface area contributed by atoms with Gasteiger partial charge >= 0.3 is 6.18 Å². The van der Waals surface area contributed by atoms with E-state index in [4.69, 9.17) is 16.2 Å². The number of halogens is 3. The van der Waals surface area contributed by atoms with Crippen molar-refractivity contribution in [3.05, 3.63) is 53.6 Å². The maximum atomic E-state index is 13.0. The quantitative estimate of drug-likeness (QED) is 0.658. The highest BCUT2D eigenvalue weighted by atomic mass is 19.4. The molecule has 2 aromatic rings. The van der Waals surface area contributed by atoms with Crippen molar-refractivity contribution < 1.29 is 27.5 Å². The number of rotatable bonds is 6. The SMILES string of the molecule is Cc1ccccc1N1CCN(C(=O)Cc2ccc(N)cc2OCC(F)(F)F)C(C(N)=O)C1. The normalized spacial score (nSPS) is 16.7. The Morgan fingerprint density at radius 2 is 1.88 bits per heavy atom. The first-order valence-corrected chi connectivity index (χ1v) is 10.0. The minimum absolute atomic E-state index is 0.121. The van der Waals surface area contributed by atoms with Gasteiger partial charge in [-0.05, 0) is 24.6 Å². The van der Waals surface area contributed by atoms with E-state index in [1.807, 2.05) is 36.1 Å². The molecular formula is C22H25F3N4O3. The first-order chi connectivity index (χ1) is 15.0. The number of carbonyl (C=O) groups is 2. The van der Waals surface area contributed by atoms with Gasteiger partial charge in [0.05, 0.1) is 6.42 Å². The van der Waals surface area contributed by atoms with Crippen molar-refractivity contribution in [3.8, 4) is 5.75 Å². The van der Waals surface area contributed by atoms with Gasteiger partial charge in [-0.2, -0.15) is 13.2 Å². The van der Waals surface area contributed by atoms with Gasteiger partial charge in [0, 0.05) is 42.6 Å². The lowest BCUT2D eigenvalue weighted by Crippen LogP contribution is -2.60. The number of anilines is 2. The molecule has 10 heteroatoms. The van der Waals surface area contributed by atoms with Crippen molar-refractivity contribution >= 4 is 23.2 Å².